The largest absolute Gasteiger partial charge is 0.478 e. The van der Waals surface area contributed by atoms with Crippen LogP contribution in [0.25, 0.3) is 11.1 Å². The van der Waals surface area contributed by atoms with Gasteiger partial charge in [-0.2, -0.15) is 0 Å². The highest BCUT2D eigenvalue weighted by atomic mass is 16.5. The van der Waals surface area contributed by atoms with E-state index in [1.54, 1.807) is 24.3 Å². The van der Waals surface area contributed by atoms with Crippen molar-refractivity contribution in [2.45, 2.75) is 13.8 Å². The average Bonchev–Trinajstić information content (AvgIpc) is 2.87. The molecule has 0 atom stereocenters. The van der Waals surface area contributed by atoms with Gasteiger partial charge in [0.1, 0.15) is 5.76 Å². The van der Waals surface area contributed by atoms with Crippen LogP contribution < -0.4 is 5.32 Å². The van der Waals surface area contributed by atoms with Crippen LogP contribution in [0.15, 0.2) is 53.1 Å². The second-order valence-corrected chi connectivity index (χ2v) is 5.25. The van der Waals surface area contributed by atoms with Crippen molar-refractivity contribution in [1.29, 1.82) is 0 Å². The highest BCUT2D eigenvalue weighted by molar-refractivity contribution is 5.95. The van der Waals surface area contributed by atoms with Crippen molar-refractivity contribution >= 4 is 17.3 Å². The maximum Gasteiger partial charge on any atom is 0.337 e. The van der Waals surface area contributed by atoms with Crippen molar-refractivity contribution in [2.24, 2.45) is 0 Å². The van der Waals surface area contributed by atoms with Crippen molar-refractivity contribution < 1.29 is 14.4 Å². The number of nitrogens with one attached hydrogen (secondary N) is 1. The van der Waals surface area contributed by atoms with E-state index in [9.17, 15) is 9.90 Å². The number of anilines is 2. The standard InChI is InChI=1S/C18H16N2O3/c1-11-17(12(2)23-20-11)13-7-9-14(10-8-13)19-16-6-4-3-5-15(16)18(21)22/h3-10,19H,1-2H3,(H,21,22). The summed E-state index contributed by atoms with van der Waals surface area (Å²) < 4.78 is 5.19. The summed E-state index contributed by atoms with van der Waals surface area (Å²) in [7, 11) is 0. The van der Waals surface area contributed by atoms with E-state index in [0.717, 1.165) is 28.3 Å². The minimum atomic E-state index is -0.958. The summed E-state index contributed by atoms with van der Waals surface area (Å²) in [5.74, 6) is -0.181. The van der Waals surface area contributed by atoms with E-state index in [1.165, 1.54) is 0 Å². The third kappa shape index (κ3) is 2.94. The number of hydrogen-bond acceptors (Lipinski definition) is 4. The molecule has 23 heavy (non-hydrogen) atoms. The lowest BCUT2D eigenvalue weighted by Crippen LogP contribution is -2.02. The van der Waals surface area contributed by atoms with Crippen LogP contribution in [-0.4, -0.2) is 16.2 Å². The predicted octanol–water partition coefficient (Wildman–Crippen LogP) is 4.40. The van der Waals surface area contributed by atoms with Gasteiger partial charge in [-0.3, -0.25) is 0 Å². The van der Waals surface area contributed by atoms with Crippen LogP contribution in [-0.2, 0) is 0 Å². The monoisotopic (exact) mass is 308 g/mol. The average molecular weight is 308 g/mol. The van der Waals surface area contributed by atoms with Crippen LogP contribution in [0, 0.1) is 13.8 Å². The van der Waals surface area contributed by atoms with Gasteiger partial charge in [0.15, 0.2) is 0 Å². The van der Waals surface area contributed by atoms with Gasteiger partial charge in [0.2, 0.25) is 0 Å². The van der Waals surface area contributed by atoms with Crippen LogP contribution in [0.5, 0.6) is 0 Å². The fourth-order valence-electron chi connectivity index (χ4n) is 2.55. The number of aryl methyl sites for hydroxylation is 2. The fraction of sp³-hybridized carbons (Fsp3) is 0.111. The van der Waals surface area contributed by atoms with Gasteiger partial charge in [0, 0.05) is 11.3 Å². The molecule has 116 valence electrons. The molecule has 0 saturated carbocycles. The number of aromatic nitrogens is 1. The summed E-state index contributed by atoms with van der Waals surface area (Å²) in [5.41, 5.74) is 4.46. The molecule has 0 radical (unpaired) electrons. The summed E-state index contributed by atoms with van der Waals surface area (Å²) in [4.78, 5) is 11.2. The summed E-state index contributed by atoms with van der Waals surface area (Å²) in [6.45, 7) is 3.78. The summed E-state index contributed by atoms with van der Waals surface area (Å²) >= 11 is 0. The van der Waals surface area contributed by atoms with Gasteiger partial charge in [-0.25, -0.2) is 4.79 Å². The first kappa shape index (κ1) is 14.8. The molecule has 0 amide bonds. The second kappa shape index (κ2) is 5.96. The molecule has 3 aromatic rings. The Morgan fingerprint density at radius 3 is 2.39 bits per heavy atom. The van der Waals surface area contributed by atoms with Gasteiger partial charge in [0.05, 0.1) is 16.9 Å². The first-order chi connectivity index (χ1) is 11.1. The third-order valence-corrected chi connectivity index (χ3v) is 3.64. The Morgan fingerprint density at radius 2 is 1.78 bits per heavy atom. The summed E-state index contributed by atoms with van der Waals surface area (Å²) in [6, 6.07) is 14.5. The maximum absolute atomic E-state index is 11.2. The van der Waals surface area contributed by atoms with E-state index < -0.39 is 5.97 Å². The number of hydrogen-bond donors (Lipinski definition) is 2. The summed E-state index contributed by atoms with van der Waals surface area (Å²) in [5, 5.41) is 16.3. The van der Waals surface area contributed by atoms with Crippen molar-refractivity contribution in [2.75, 3.05) is 5.32 Å². The van der Waals surface area contributed by atoms with Crippen LogP contribution in [0.1, 0.15) is 21.8 Å². The third-order valence-electron chi connectivity index (χ3n) is 3.64. The normalized spacial score (nSPS) is 10.5. The molecule has 1 heterocycles. The quantitative estimate of drug-likeness (QED) is 0.747. The summed E-state index contributed by atoms with van der Waals surface area (Å²) in [6.07, 6.45) is 0. The van der Waals surface area contributed by atoms with Crippen LogP contribution in [0.2, 0.25) is 0 Å². The smallest absolute Gasteiger partial charge is 0.337 e. The lowest BCUT2D eigenvalue weighted by molar-refractivity contribution is 0.0698. The Kier molecular flexibility index (Phi) is 3.85. The molecule has 0 aliphatic heterocycles. The van der Waals surface area contributed by atoms with Gasteiger partial charge >= 0.3 is 5.97 Å². The zero-order chi connectivity index (χ0) is 16.4. The minimum absolute atomic E-state index is 0.238. The lowest BCUT2D eigenvalue weighted by atomic mass is 10.0. The zero-order valence-corrected chi connectivity index (χ0v) is 12.8. The minimum Gasteiger partial charge on any atom is -0.478 e. The number of carbonyl (C=O) groups is 1. The lowest BCUT2D eigenvalue weighted by Gasteiger charge is -2.10. The number of nitrogens with zero attached hydrogens (tertiary/aromatic N) is 1. The predicted molar refractivity (Wildman–Crippen MR) is 88.1 cm³/mol. The zero-order valence-electron chi connectivity index (χ0n) is 12.8. The second-order valence-electron chi connectivity index (χ2n) is 5.25. The van der Waals surface area contributed by atoms with Crippen LogP contribution in [0.3, 0.4) is 0 Å². The number of carboxylic acids is 1. The number of para-hydroxylation sites is 1. The van der Waals surface area contributed by atoms with Gasteiger partial charge in [-0.1, -0.05) is 29.4 Å². The number of aromatic carboxylic acids is 1. The molecule has 0 unspecified atom stereocenters. The highest BCUT2D eigenvalue weighted by Crippen LogP contribution is 2.29. The Bertz CT molecular complexity index is 831. The Hall–Kier alpha value is -3.08. The molecular formula is C18H16N2O3. The maximum atomic E-state index is 11.2. The first-order valence-corrected chi connectivity index (χ1v) is 7.19. The molecule has 0 aliphatic rings. The molecule has 3 rings (SSSR count). The van der Waals surface area contributed by atoms with Crippen molar-refractivity contribution in [1.82, 2.24) is 5.16 Å². The Balaban J connectivity index is 1.88. The molecule has 0 spiro atoms. The van der Waals surface area contributed by atoms with Crippen molar-refractivity contribution in [3.8, 4) is 11.1 Å². The van der Waals surface area contributed by atoms with E-state index in [0.29, 0.717) is 5.69 Å². The van der Waals surface area contributed by atoms with Crippen LogP contribution in [0.4, 0.5) is 11.4 Å². The molecule has 5 heteroatoms. The van der Waals surface area contributed by atoms with E-state index in [4.69, 9.17) is 4.52 Å². The molecule has 1 aromatic heterocycles. The van der Waals surface area contributed by atoms with Gasteiger partial charge in [-0.05, 0) is 43.7 Å². The van der Waals surface area contributed by atoms with Crippen molar-refractivity contribution in [3.05, 3.63) is 65.5 Å². The SMILES string of the molecule is Cc1noc(C)c1-c1ccc(Nc2ccccc2C(=O)O)cc1. The fourth-order valence-corrected chi connectivity index (χ4v) is 2.55. The Morgan fingerprint density at radius 1 is 1.09 bits per heavy atom. The highest BCUT2D eigenvalue weighted by Gasteiger charge is 2.12. The molecule has 2 aromatic carbocycles. The molecule has 2 N–H and O–H groups in total. The van der Waals surface area contributed by atoms with Crippen molar-refractivity contribution in [3.63, 3.8) is 0 Å². The van der Waals surface area contributed by atoms with E-state index in [2.05, 4.69) is 10.5 Å². The van der Waals surface area contributed by atoms with E-state index >= 15 is 0 Å². The molecule has 0 bridgehead atoms. The van der Waals surface area contributed by atoms with Gasteiger partial charge in [0.25, 0.3) is 0 Å². The van der Waals surface area contributed by atoms with E-state index in [-0.39, 0.29) is 5.56 Å². The number of carboxylic acid groups (broad SMARTS) is 1. The molecule has 0 fully saturated rings. The molecular weight excluding hydrogens is 292 g/mol. The van der Waals surface area contributed by atoms with Crippen LogP contribution >= 0.6 is 0 Å². The Labute approximate surface area is 133 Å². The molecule has 0 saturated heterocycles. The molecule has 0 aliphatic carbocycles. The van der Waals surface area contributed by atoms with Gasteiger partial charge < -0.3 is 14.9 Å². The number of benzene rings is 2. The topological polar surface area (TPSA) is 75.4 Å². The molecule has 5 nitrogen and oxygen atoms in total. The van der Waals surface area contributed by atoms with E-state index in [1.807, 2.05) is 38.1 Å². The first-order valence-electron chi connectivity index (χ1n) is 7.19. The number of rotatable bonds is 4. The van der Waals surface area contributed by atoms with Gasteiger partial charge in [-0.15, -0.1) is 0 Å².